The highest BCUT2D eigenvalue weighted by molar-refractivity contribution is 7.09. The number of likely N-dealkylation sites (tertiary alicyclic amines) is 1. The van der Waals surface area contributed by atoms with Gasteiger partial charge in [0.15, 0.2) is 0 Å². The van der Waals surface area contributed by atoms with Gasteiger partial charge >= 0.3 is 0 Å². The van der Waals surface area contributed by atoms with Crippen LogP contribution in [0.4, 0.5) is 0 Å². The molecule has 2 aromatic rings. The quantitative estimate of drug-likeness (QED) is 0.694. The number of nitrogens with zero attached hydrogens (tertiary/aromatic N) is 3. The molecule has 0 unspecified atom stereocenters. The molecule has 1 spiro atoms. The summed E-state index contributed by atoms with van der Waals surface area (Å²) < 4.78 is 6.25. The van der Waals surface area contributed by atoms with E-state index in [4.69, 9.17) is 4.74 Å². The van der Waals surface area contributed by atoms with Crippen molar-refractivity contribution in [3.05, 3.63) is 63.6 Å². The minimum Gasteiger partial charge on any atom is -0.360 e. The van der Waals surface area contributed by atoms with Crippen molar-refractivity contribution in [1.29, 1.82) is 0 Å². The number of thiazole rings is 1. The molecule has 30 heavy (non-hydrogen) atoms. The first-order valence-electron chi connectivity index (χ1n) is 10.2. The Labute approximate surface area is 180 Å². The molecule has 156 valence electrons. The molecule has 0 aliphatic carbocycles. The summed E-state index contributed by atoms with van der Waals surface area (Å²) in [6, 6.07) is 6.29. The molecule has 0 radical (unpaired) electrons. The lowest BCUT2D eigenvalue weighted by Crippen LogP contribution is -2.44. The van der Waals surface area contributed by atoms with Crippen molar-refractivity contribution in [3.63, 3.8) is 0 Å². The van der Waals surface area contributed by atoms with Crippen molar-refractivity contribution in [2.45, 2.75) is 38.6 Å². The van der Waals surface area contributed by atoms with Crippen molar-refractivity contribution >= 4 is 23.2 Å². The minimum absolute atomic E-state index is 0.0149. The first kappa shape index (κ1) is 19.5. The van der Waals surface area contributed by atoms with Crippen LogP contribution < -0.4 is 0 Å². The maximum atomic E-state index is 13.4. The van der Waals surface area contributed by atoms with Gasteiger partial charge in [-0.3, -0.25) is 9.59 Å². The van der Waals surface area contributed by atoms with Crippen LogP contribution in [0.2, 0.25) is 0 Å². The summed E-state index contributed by atoms with van der Waals surface area (Å²) >= 11 is 1.52. The SMILES string of the molecule is Cc1ccc(CN2C[C@]34C=C[C@H](O3)[C@@H](C(=O)N(C)Cc3nccs3)[C@H]4C2=O)cc1C. The number of hydrogen-bond acceptors (Lipinski definition) is 5. The predicted molar refractivity (Wildman–Crippen MR) is 114 cm³/mol. The monoisotopic (exact) mass is 423 g/mol. The molecule has 4 heterocycles. The summed E-state index contributed by atoms with van der Waals surface area (Å²) in [5.41, 5.74) is 2.88. The van der Waals surface area contributed by atoms with Crippen molar-refractivity contribution in [2.75, 3.05) is 13.6 Å². The number of carbonyl (C=O) groups excluding carboxylic acids is 2. The zero-order valence-corrected chi connectivity index (χ0v) is 18.2. The maximum absolute atomic E-state index is 13.4. The van der Waals surface area contributed by atoms with E-state index in [1.807, 2.05) is 22.4 Å². The van der Waals surface area contributed by atoms with Gasteiger partial charge < -0.3 is 14.5 Å². The van der Waals surface area contributed by atoms with E-state index in [0.29, 0.717) is 19.6 Å². The lowest BCUT2D eigenvalue weighted by molar-refractivity contribution is -0.142. The largest absolute Gasteiger partial charge is 0.360 e. The number of hydrogen-bond donors (Lipinski definition) is 0. The molecule has 2 fully saturated rings. The second-order valence-electron chi connectivity index (χ2n) is 8.63. The van der Waals surface area contributed by atoms with Crippen LogP contribution in [0.1, 0.15) is 21.7 Å². The molecule has 4 atom stereocenters. The Hall–Kier alpha value is -2.51. The fourth-order valence-electron chi connectivity index (χ4n) is 4.98. The van der Waals surface area contributed by atoms with Crippen LogP contribution >= 0.6 is 11.3 Å². The Kier molecular flexibility index (Phi) is 4.56. The molecule has 1 aromatic carbocycles. The normalized spacial score (nSPS) is 29.0. The average molecular weight is 424 g/mol. The summed E-state index contributed by atoms with van der Waals surface area (Å²) in [4.78, 5) is 34.5. The van der Waals surface area contributed by atoms with Crippen LogP contribution in [-0.2, 0) is 27.4 Å². The molecule has 7 heteroatoms. The Morgan fingerprint density at radius 2 is 2.20 bits per heavy atom. The first-order valence-corrected chi connectivity index (χ1v) is 11.1. The predicted octanol–water partition coefficient (Wildman–Crippen LogP) is 2.70. The number of aryl methyl sites for hydroxylation is 2. The molecule has 1 aromatic heterocycles. The third kappa shape index (κ3) is 2.99. The molecule has 2 bridgehead atoms. The number of benzene rings is 1. The molecular formula is C23H25N3O3S. The Morgan fingerprint density at radius 3 is 2.93 bits per heavy atom. The van der Waals surface area contributed by atoms with E-state index in [1.54, 1.807) is 18.1 Å². The van der Waals surface area contributed by atoms with Crippen molar-refractivity contribution in [3.8, 4) is 0 Å². The van der Waals surface area contributed by atoms with Gasteiger partial charge in [-0.25, -0.2) is 4.98 Å². The van der Waals surface area contributed by atoms with E-state index in [1.165, 1.54) is 22.5 Å². The van der Waals surface area contributed by atoms with Gasteiger partial charge in [-0.05, 0) is 30.5 Å². The van der Waals surface area contributed by atoms with Crippen LogP contribution in [0.3, 0.4) is 0 Å². The number of amides is 2. The standard InChI is InChI=1S/C23H25N3O3S/c1-14-4-5-16(10-15(14)2)11-26-13-23-7-6-17(29-23)19(20(23)22(26)28)21(27)25(3)12-18-24-8-9-30-18/h4-10,17,19-20H,11-13H2,1-3H3/t17-,19+,20-,23-/m0/s1. The van der Waals surface area contributed by atoms with Crippen molar-refractivity contribution in [2.24, 2.45) is 11.8 Å². The number of ether oxygens (including phenoxy) is 1. The summed E-state index contributed by atoms with van der Waals surface area (Å²) in [6.07, 6.45) is 5.38. The smallest absolute Gasteiger partial charge is 0.230 e. The average Bonchev–Trinajstić information content (AvgIpc) is 3.47. The summed E-state index contributed by atoms with van der Waals surface area (Å²) in [6.45, 7) is 5.65. The van der Waals surface area contributed by atoms with E-state index >= 15 is 0 Å². The molecule has 3 aliphatic rings. The maximum Gasteiger partial charge on any atom is 0.230 e. The fraction of sp³-hybridized carbons (Fsp3) is 0.435. The number of carbonyl (C=O) groups is 2. The number of aromatic nitrogens is 1. The summed E-state index contributed by atoms with van der Waals surface area (Å²) in [5.74, 6) is -0.962. The highest BCUT2D eigenvalue weighted by atomic mass is 32.1. The van der Waals surface area contributed by atoms with Crippen LogP contribution in [0.25, 0.3) is 0 Å². The number of fused-ring (bicyclic) bond motifs is 1. The summed E-state index contributed by atoms with van der Waals surface area (Å²) in [7, 11) is 1.78. The third-order valence-electron chi connectivity index (χ3n) is 6.64. The third-order valence-corrected chi connectivity index (χ3v) is 7.41. The zero-order chi connectivity index (χ0) is 21.0. The van der Waals surface area contributed by atoms with Crippen LogP contribution in [0.15, 0.2) is 41.9 Å². The summed E-state index contributed by atoms with van der Waals surface area (Å²) in [5, 5.41) is 2.78. The van der Waals surface area contributed by atoms with Crippen LogP contribution in [-0.4, -0.2) is 51.9 Å². The van der Waals surface area contributed by atoms with Gasteiger partial charge in [-0.15, -0.1) is 11.3 Å². The van der Waals surface area contributed by atoms with Gasteiger partial charge in [0.2, 0.25) is 11.8 Å². The molecule has 3 aliphatic heterocycles. The lowest BCUT2D eigenvalue weighted by atomic mass is 9.76. The van der Waals surface area contributed by atoms with E-state index in [9.17, 15) is 9.59 Å². The minimum atomic E-state index is -0.677. The highest BCUT2D eigenvalue weighted by Crippen LogP contribution is 2.52. The second-order valence-corrected chi connectivity index (χ2v) is 9.61. The van der Waals surface area contributed by atoms with Gasteiger partial charge in [-0.2, -0.15) is 0 Å². The lowest BCUT2D eigenvalue weighted by Gasteiger charge is -2.27. The van der Waals surface area contributed by atoms with E-state index in [2.05, 4.69) is 37.0 Å². The Balaban J connectivity index is 1.36. The molecule has 5 rings (SSSR count). The fourth-order valence-corrected chi connectivity index (χ4v) is 5.65. The molecule has 6 nitrogen and oxygen atoms in total. The van der Waals surface area contributed by atoms with Crippen LogP contribution in [0.5, 0.6) is 0 Å². The van der Waals surface area contributed by atoms with Gasteiger partial charge in [0, 0.05) is 25.2 Å². The van der Waals surface area contributed by atoms with Gasteiger partial charge in [-0.1, -0.05) is 30.4 Å². The first-order chi connectivity index (χ1) is 14.4. The van der Waals surface area contributed by atoms with Crippen LogP contribution in [0, 0.1) is 25.7 Å². The highest BCUT2D eigenvalue weighted by Gasteiger charge is 2.67. The van der Waals surface area contributed by atoms with E-state index < -0.39 is 17.4 Å². The number of rotatable bonds is 5. The van der Waals surface area contributed by atoms with Gasteiger partial charge in [0.05, 0.1) is 31.0 Å². The zero-order valence-electron chi connectivity index (χ0n) is 17.4. The second kappa shape index (κ2) is 7.03. The van der Waals surface area contributed by atoms with E-state index in [-0.39, 0.29) is 17.9 Å². The topological polar surface area (TPSA) is 62.7 Å². The molecule has 0 saturated carbocycles. The molecule has 2 saturated heterocycles. The molecule has 2 amide bonds. The van der Waals surface area contributed by atoms with Gasteiger partial charge in [0.25, 0.3) is 0 Å². The van der Waals surface area contributed by atoms with Crippen molar-refractivity contribution < 1.29 is 14.3 Å². The molecular weight excluding hydrogens is 398 g/mol. The van der Waals surface area contributed by atoms with Gasteiger partial charge in [0.1, 0.15) is 10.6 Å². The molecule has 0 N–H and O–H groups in total. The van der Waals surface area contributed by atoms with E-state index in [0.717, 1.165) is 10.6 Å². The van der Waals surface area contributed by atoms with Crippen molar-refractivity contribution in [1.82, 2.24) is 14.8 Å². The Morgan fingerprint density at radius 1 is 1.37 bits per heavy atom. The Bertz CT molecular complexity index is 1030.